The first kappa shape index (κ1) is 15.3. The number of carbonyl (C=O) groups excluding carboxylic acids is 1. The number of benzene rings is 1. The van der Waals surface area contributed by atoms with Crippen LogP contribution < -0.4 is 0 Å². The molecule has 1 aromatic rings. The molecular weight excluding hydrogens is 298 g/mol. The highest BCUT2D eigenvalue weighted by molar-refractivity contribution is 8.13. The Bertz CT molecular complexity index is 623. The zero-order valence-electron chi connectivity index (χ0n) is 11.6. The van der Waals surface area contributed by atoms with Gasteiger partial charge in [0.05, 0.1) is 10.5 Å². The summed E-state index contributed by atoms with van der Waals surface area (Å²) in [5, 5.41) is 0. The van der Waals surface area contributed by atoms with Crippen molar-refractivity contribution in [3.63, 3.8) is 0 Å². The van der Waals surface area contributed by atoms with E-state index in [2.05, 4.69) is 0 Å². The van der Waals surface area contributed by atoms with E-state index in [1.54, 1.807) is 17.0 Å². The molecule has 1 amide bonds. The predicted octanol–water partition coefficient (Wildman–Crippen LogP) is 2.94. The molecule has 0 N–H and O–H groups in total. The summed E-state index contributed by atoms with van der Waals surface area (Å²) in [7, 11) is 1.51. The second kappa shape index (κ2) is 5.74. The fraction of sp³-hybridized carbons (Fsp3) is 0.500. The highest BCUT2D eigenvalue weighted by Gasteiger charge is 2.34. The molecule has 1 saturated carbocycles. The Morgan fingerprint density at radius 3 is 2.55 bits per heavy atom. The first-order valence-corrected chi connectivity index (χ1v) is 9.01. The molecule has 1 aliphatic carbocycles. The fourth-order valence-corrected chi connectivity index (χ4v) is 3.30. The maximum Gasteiger partial charge on any atom is 0.262 e. The molecule has 4 nitrogen and oxygen atoms in total. The van der Waals surface area contributed by atoms with Crippen LogP contribution in [0.4, 0.5) is 0 Å². The Hall–Kier alpha value is -1.07. The van der Waals surface area contributed by atoms with Crippen molar-refractivity contribution in [2.45, 2.75) is 44.0 Å². The molecule has 1 aliphatic rings. The van der Waals surface area contributed by atoms with Crippen LogP contribution in [-0.2, 0) is 9.05 Å². The number of hydrogen-bond donors (Lipinski definition) is 0. The van der Waals surface area contributed by atoms with E-state index in [1.165, 1.54) is 6.07 Å². The molecule has 0 aliphatic heterocycles. The highest BCUT2D eigenvalue weighted by atomic mass is 35.7. The zero-order valence-corrected chi connectivity index (χ0v) is 13.2. The average Bonchev–Trinajstić information content (AvgIpc) is 3.17. The largest absolute Gasteiger partial charge is 0.336 e. The summed E-state index contributed by atoms with van der Waals surface area (Å²) in [5.74, 6) is -0.239. The van der Waals surface area contributed by atoms with Crippen LogP contribution in [0.2, 0.25) is 0 Å². The second-order valence-electron chi connectivity index (χ2n) is 5.17. The van der Waals surface area contributed by atoms with Gasteiger partial charge in [-0.3, -0.25) is 4.79 Å². The summed E-state index contributed by atoms with van der Waals surface area (Å²) < 4.78 is 23.3. The minimum Gasteiger partial charge on any atom is -0.336 e. The van der Waals surface area contributed by atoms with Crippen molar-refractivity contribution >= 4 is 25.6 Å². The lowest BCUT2D eigenvalue weighted by Crippen LogP contribution is -2.34. The summed E-state index contributed by atoms with van der Waals surface area (Å²) in [4.78, 5) is 14.3. The highest BCUT2D eigenvalue weighted by Crippen LogP contribution is 2.30. The van der Waals surface area contributed by atoms with Crippen LogP contribution >= 0.6 is 10.7 Å². The van der Waals surface area contributed by atoms with E-state index in [9.17, 15) is 13.2 Å². The molecule has 1 aromatic carbocycles. The third-order valence-electron chi connectivity index (χ3n) is 3.34. The van der Waals surface area contributed by atoms with Crippen molar-refractivity contribution in [3.05, 3.63) is 29.3 Å². The Morgan fingerprint density at radius 2 is 2.05 bits per heavy atom. The SMILES string of the molecule is CCCN(C(=O)c1cc(C)ccc1S(=O)(=O)Cl)C1CC1. The van der Waals surface area contributed by atoms with Crippen LogP contribution in [-0.4, -0.2) is 31.8 Å². The van der Waals surface area contributed by atoms with E-state index >= 15 is 0 Å². The van der Waals surface area contributed by atoms with Crippen LogP contribution in [0, 0.1) is 6.92 Å². The molecule has 0 spiro atoms. The van der Waals surface area contributed by atoms with Crippen molar-refractivity contribution in [2.24, 2.45) is 0 Å². The van der Waals surface area contributed by atoms with Crippen LogP contribution in [0.5, 0.6) is 0 Å². The van der Waals surface area contributed by atoms with Gasteiger partial charge in [-0.1, -0.05) is 18.6 Å². The van der Waals surface area contributed by atoms with Gasteiger partial charge in [-0.15, -0.1) is 0 Å². The third-order valence-corrected chi connectivity index (χ3v) is 4.72. The number of amides is 1. The molecule has 0 aromatic heterocycles. The van der Waals surface area contributed by atoms with E-state index in [0.717, 1.165) is 24.8 Å². The molecule has 0 radical (unpaired) electrons. The van der Waals surface area contributed by atoms with Crippen molar-refractivity contribution in [2.75, 3.05) is 6.54 Å². The maximum absolute atomic E-state index is 12.6. The summed E-state index contributed by atoms with van der Waals surface area (Å²) in [6, 6.07) is 4.89. The zero-order chi connectivity index (χ0) is 14.9. The lowest BCUT2D eigenvalue weighted by Gasteiger charge is -2.22. The summed E-state index contributed by atoms with van der Waals surface area (Å²) in [5.41, 5.74) is 1.02. The van der Waals surface area contributed by atoms with Gasteiger partial charge in [0.2, 0.25) is 0 Å². The molecule has 0 heterocycles. The van der Waals surface area contributed by atoms with E-state index in [1.807, 2.05) is 13.8 Å². The van der Waals surface area contributed by atoms with Crippen molar-refractivity contribution < 1.29 is 13.2 Å². The van der Waals surface area contributed by atoms with Gasteiger partial charge in [-0.05, 0) is 38.3 Å². The lowest BCUT2D eigenvalue weighted by atomic mass is 10.1. The average molecular weight is 316 g/mol. The Morgan fingerprint density at radius 1 is 1.40 bits per heavy atom. The number of nitrogens with zero attached hydrogens (tertiary/aromatic N) is 1. The normalized spacial score (nSPS) is 15.2. The molecule has 110 valence electrons. The quantitative estimate of drug-likeness (QED) is 0.785. The number of rotatable bonds is 5. The minimum absolute atomic E-state index is 0.100. The molecule has 20 heavy (non-hydrogen) atoms. The van der Waals surface area contributed by atoms with Crippen LogP contribution in [0.25, 0.3) is 0 Å². The number of aryl methyl sites for hydroxylation is 1. The molecule has 0 saturated heterocycles. The Kier molecular flexibility index (Phi) is 4.39. The van der Waals surface area contributed by atoms with E-state index in [-0.39, 0.29) is 22.4 Å². The second-order valence-corrected chi connectivity index (χ2v) is 7.70. The van der Waals surface area contributed by atoms with Crippen molar-refractivity contribution in [1.82, 2.24) is 4.90 Å². The number of carbonyl (C=O) groups is 1. The maximum atomic E-state index is 12.6. The third kappa shape index (κ3) is 3.33. The molecule has 0 atom stereocenters. The summed E-state index contributed by atoms with van der Waals surface area (Å²) in [6.07, 6.45) is 2.82. The van der Waals surface area contributed by atoms with Crippen LogP contribution in [0.3, 0.4) is 0 Å². The molecule has 1 fully saturated rings. The standard InChI is InChI=1S/C14H18ClNO3S/c1-3-8-16(11-5-6-11)14(17)12-9-10(2)4-7-13(12)20(15,18)19/h4,7,9,11H,3,5-6,8H2,1-2H3. The monoisotopic (exact) mass is 315 g/mol. The molecule has 6 heteroatoms. The van der Waals surface area contributed by atoms with Gasteiger partial charge in [0.25, 0.3) is 15.0 Å². The van der Waals surface area contributed by atoms with E-state index in [0.29, 0.717) is 6.54 Å². The smallest absolute Gasteiger partial charge is 0.262 e. The van der Waals surface area contributed by atoms with Gasteiger partial charge in [0, 0.05) is 23.3 Å². The first-order chi connectivity index (χ1) is 9.34. The fourth-order valence-electron chi connectivity index (χ4n) is 2.26. The molecular formula is C14H18ClNO3S. The van der Waals surface area contributed by atoms with Crippen molar-refractivity contribution in [1.29, 1.82) is 0 Å². The first-order valence-electron chi connectivity index (χ1n) is 6.71. The molecule has 0 unspecified atom stereocenters. The van der Waals surface area contributed by atoms with Gasteiger partial charge in [0.1, 0.15) is 0 Å². The van der Waals surface area contributed by atoms with Gasteiger partial charge < -0.3 is 4.90 Å². The minimum atomic E-state index is -3.92. The number of hydrogen-bond acceptors (Lipinski definition) is 3. The van der Waals surface area contributed by atoms with Gasteiger partial charge in [-0.25, -0.2) is 8.42 Å². The van der Waals surface area contributed by atoms with Crippen LogP contribution in [0.15, 0.2) is 23.1 Å². The van der Waals surface area contributed by atoms with E-state index in [4.69, 9.17) is 10.7 Å². The Balaban J connectivity index is 2.44. The molecule has 2 rings (SSSR count). The molecule has 0 bridgehead atoms. The predicted molar refractivity (Wildman–Crippen MR) is 78.6 cm³/mol. The van der Waals surface area contributed by atoms with E-state index < -0.39 is 9.05 Å². The number of halogens is 1. The van der Waals surface area contributed by atoms with Crippen molar-refractivity contribution in [3.8, 4) is 0 Å². The summed E-state index contributed by atoms with van der Waals surface area (Å²) in [6.45, 7) is 4.46. The van der Waals surface area contributed by atoms with Crippen LogP contribution in [0.1, 0.15) is 42.1 Å². The topological polar surface area (TPSA) is 54.5 Å². The Labute approximate surface area is 124 Å². The van der Waals surface area contributed by atoms with Gasteiger partial charge in [0.15, 0.2) is 0 Å². The lowest BCUT2D eigenvalue weighted by molar-refractivity contribution is 0.0739. The van der Waals surface area contributed by atoms with Gasteiger partial charge >= 0.3 is 0 Å². The summed E-state index contributed by atoms with van der Waals surface area (Å²) >= 11 is 0. The van der Waals surface area contributed by atoms with Gasteiger partial charge in [-0.2, -0.15) is 0 Å².